The van der Waals surface area contributed by atoms with Gasteiger partial charge >= 0.3 is 0 Å². The lowest BCUT2D eigenvalue weighted by Gasteiger charge is -2.30. The maximum Gasteiger partial charge on any atom is 0.235 e. The molecule has 0 aromatic rings. The topological polar surface area (TPSA) is 29.5 Å². The number of fused-ring (bicyclic) bond motifs is 1. The van der Waals surface area contributed by atoms with Gasteiger partial charge in [0.2, 0.25) is 5.91 Å². The lowest BCUT2D eigenvalue weighted by molar-refractivity contribution is -0.152. The molecule has 2 aliphatic heterocycles. The molecule has 2 heterocycles. The number of nitrogens with zero attached hydrogens (tertiary/aromatic N) is 1. The highest BCUT2D eigenvalue weighted by Crippen LogP contribution is 2.24. The zero-order chi connectivity index (χ0) is 5.56. The number of carbonyl (C=O) groups excluding carboxylic acids is 1. The monoisotopic (exact) mass is 111 g/mol. The molecule has 0 spiro atoms. The fraction of sp³-hybridized carbons (Fsp3) is 0.400. The number of amides is 1. The third kappa shape index (κ3) is 0.278. The SMILES string of the molecule is O=C1C[C@@H]2OC=CN12. The van der Waals surface area contributed by atoms with E-state index in [0.717, 1.165) is 0 Å². The normalized spacial score (nSPS) is 31.8. The van der Waals surface area contributed by atoms with Crippen molar-refractivity contribution in [3.05, 3.63) is 12.5 Å². The van der Waals surface area contributed by atoms with Gasteiger partial charge in [0.15, 0.2) is 6.23 Å². The van der Waals surface area contributed by atoms with E-state index in [2.05, 4.69) is 0 Å². The molecule has 0 aromatic heterocycles. The quantitative estimate of drug-likeness (QED) is 0.413. The van der Waals surface area contributed by atoms with E-state index < -0.39 is 0 Å². The van der Waals surface area contributed by atoms with Crippen LogP contribution >= 0.6 is 0 Å². The van der Waals surface area contributed by atoms with Gasteiger partial charge in [-0.15, -0.1) is 0 Å². The second-order valence-corrected chi connectivity index (χ2v) is 1.88. The second kappa shape index (κ2) is 1.05. The van der Waals surface area contributed by atoms with Crippen molar-refractivity contribution in [3.63, 3.8) is 0 Å². The van der Waals surface area contributed by atoms with Gasteiger partial charge < -0.3 is 4.74 Å². The number of carbonyl (C=O) groups is 1. The molecule has 1 atom stereocenters. The maximum atomic E-state index is 10.5. The summed E-state index contributed by atoms with van der Waals surface area (Å²) in [4.78, 5) is 12.1. The Balaban J connectivity index is 2.21. The number of β-lactam (4-membered cyclic amide) rings is 1. The lowest BCUT2D eigenvalue weighted by atomic mass is 10.2. The minimum absolute atomic E-state index is 0.0440. The summed E-state index contributed by atoms with van der Waals surface area (Å²) in [5.74, 6) is 0.156. The number of hydrogen-bond acceptors (Lipinski definition) is 2. The Hall–Kier alpha value is -0.990. The van der Waals surface area contributed by atoms with E-state index in [1.165, 1.54) is 0 Å². The molecule has 0 aromatic carbocycles. The summed E-state index contributed by atoms with van der Waals surface area (Å²) in [6.45, 7) is 0. The van der Waals surface area contributed by atoms with Crippen LogP contribution in [0.15, 0.2) is 12.5 Å². The molecular weight excluding hydrogens is 106 g/mol. The summed E-state index contributed by atoms with van der Waals surface area (Å²) in [7, 11) is 0. The van der Waals surface area contributed by atoms with Crippen molar-refractivity contribution in [2.45, 2.75) is 12.6 Å². The van der Waals surface area contributed by atoms with E-state index in [1.54, 1.807) is 17.4 Å². The van der Waals surface area contributed by atoms with E-state index in [4.69, 9.17) is 4.74 Å². The molecule has 0 radical (unpaired) electrons. The van der Waals surface area contributed by atoms with E-state index in [-0.39, 0.29) is 12.1 Å². The van der Waals surface area contributed by atoms with Crippen LogP contribution in [-0.2, 0) is 9.53 Å². The minimum atomic E-state index is 0.0440. The highest BCUT2D eigenvalue weighted by Gasteiger charge is 2.38. The Morgan fingerprint density at radius 1 is 1.88 bits per heavy atom. The van der Waals surface area contributed by atoms with Crippen LogP contribution in [-0.4, -0.2) is 17.0 Å². The molecule has 3 nitrogen and oxygen atoms in total. The molecule has 0 bridgehead atoms. The van der Waals surface area contributed by atoms with Crippen molar-refractivity contribution in [1.82, 2.24) is 4.90 Å². The molecule has 0 N–H and O–H groups in total. The number of ether oxygens (including phenoxy) is 1. The second-order valence-electron chi connectivity index (χ2n) is 1.88. The van der Waals surface area contributed by atoms with Gasteiger partial charge in [-0.05, 0) is 0 Å². The molecule has 2 aliphatic rings. The average Bonchev–Trinajstić information content (AvgIpc) is 2.09. The fourth-order valence-electron chi connectivity index (χ4n) is 0.886. The smallest absolute Gasteiger partial charge is 0.235 e. The molecular formula is C5H5NO2. The number of hydrogen-bond donors (Lipinski definition) is 0. The molecule has 3 heteroatoms. The Labute approximate surface area is 46.5 Å². The summed E-state index contributed by atoms with van der Waals surface area (Å²) < 4.78 is 4.95. The van der Waals surface area contributed by atoms with Crippen molar-refractivity contribution >= 4 is 5.91 Å². The maximum absolute atomic E-state index is 10.5. The van der Waals surface area contributed by atoms with Crippen LogP contribution in [0.25, 0.3) is 0 Å². The molecule has 1 fully saturated rings. The van der Waals surface area contributed by atoms with Gasteiger partial charge in [0.25, 0.3) is 0 Å². The Morgan fingerprint density at radius 2 is 2.75 bits per heavy atom. The van der Waals surface area contributed by atoms with Crippen LogP contribution in [0, 0.1) is 0 Å². The Morgan fingerprint density at radius 3 is 3.25 bits per heavy atom. The van der Waals surface area contributed by atoms with Gasteiger partial charge in [0.05, 0.1) is 6.42 Å². The predicted molar refractivity (Wildman–Crippen MR) is 25.5 cm³/mol. The largest absolute Gasteiger partial charge is 0.476 e. The van der Waals surface area contributed by atoms with Gasteiger partial charge in [-0.2, -0.15) is 0 Å². The molecule has 0 aliphatic carbocycles. The van der Waals surface area contributed by atoms with E-state index >= 15 is 0 Å². The van der Waals surface area contributed by atoms with Crippen molar-refractivity contribution in [3.8, 4) is 0 Å². The van der Waals surface area contributed by atoms with Gasteiger partial charge in [-0.3, -0.25) is 9.69 Å². The third-order valence-corrected chi connectivity index (χ3v) is 1.40. The van der Waals surface area contributed by atoms with Crippen molar-refractivity contribution in [1.29, 1.82) is 0 Å². The summed E-state index contributed by atoms with van der Waals surface area (Å²) in [5, 5.41) is 0. The summed E-state index contributed by atoms with van der Waals surface area (Å²) in [5.41, 5.74) is 0. The highest BCUT2D eigenvalue weighted by molar-refractivity contribution is 5.84. The third-order valence-electron chi connectivity index (χ3n) is 1.40. The summed E-state index contributed by atoms with van der Waals surface area (Å²) in [6, 6.07) is 0. The van der Waals surface area contributed by atoms with Crippen molar-refractivity contribution in [2.75, 3.05) is 0 Å². The van der Waals surface area contributed by atoms with Gasteiger partial charge in [-0.1, -0.05) is 0 Å². The highest BCUT2D eigenvalue weighted by atomic mass is 16.5. The van der Waals surface area contributed by atoms with Crippen LogP contribution in [0.5, 0.6) is 0 Å². The molecule has 0 saturated carbocycles. The van der Waals surface area contributed by atoms with Crippen LogP contribution < -0.4 is 0 Å². The predicted octanol–water partition coefficient (Wildman–Crippen LogP) is 0.0462. The zero-order valence-electron chi connectivity index (χ0n) is 4.20. The Kier molecular flexibility index (Phi) is 0.516. The molecule has 1 saturated heterocycles. The van der Waals surface area contributed by atoms with E-state index in [0.29, 0.717) is 6.42 Å². The van der Waals surface area contributed by atoms with Gasteiger partial charge in [0, 0.05) is 6.20 Å². The van der Waals surface area contributed by atoms with Crippen LogP contribution in [0.4, 0.5) is 0 Å². The van der Waals surface area contributed by atoms with Gasteiger partial charge in [0.1, 0.15) is 6.26 Å². The van der Waals surface area contributed by atoms with Crippen molar-refractivity contribution < 1.29 is 9.53 Å². The molecule has 8 heavy (non-hydrogen) atoms. The zero-order valence-corrected chi connectivity index (χ0v) is 4.20. The van der Waals surface area contributed by atoms with E-state index in [1.807, 2.05) is 0 Å². The van der Waals surface area contributed by atoms with Crippen molar-refractivity contribution in [2.24, 2.45) is 0 Å². The first-order valence-corrected chi connectivity index (χ1v) is 2.51. The van der Waals surface area contributed by atoms with Crippen LogP contribution in [0.3, 0.4) is 0 Å². The fourth-order valence-corrected chi connectivity index (χ4v) is 0.886. The summed E-state index contributed by atoms with van der Waals surface area (Å²) >= 11 is 0. The number of rotatable bonds is 0. The standard InChI is InChI=1S/C5H5NO2/c7-4-3-5-6(4)1-2-8-5/h1-2,5H,3H2/t5-/m0/s1. The first kappa shape index (κ1) is 3.95. The summed E-state index contributed by atoms with van der Waals surface area (Å²) in [6.07, 6.45) is 3.81. The van der Waals surface area contributed by atoms with Crippen LogP contribution in [0.2, 0.25) is 0 Å². The minimum Gasteiger partial charge on any atom is -0.476 e. The Bertz CT molecular complexity index is 164. The van der Waals surface area contributed by atoms with E-state index in [9.17, 15) is 4.79 Å². The molecule has 0 unspecified atom stereocenters. The van der Waals surface area contributed by atoms with Crippen LogP contribution in [0.1, 0.15) is 6.42 Å². The lowest BCUT2D eigenvalue weighted by Crippen LogP contribution is -2.46. The first-order valence-electron chi connectivity index (χ1n) is 2.51. The molecule has 2 rings (SSSR count). The first-order chi connectivity index (χ1) is 3.88. The molecule has 1 amide bonds. The average molecular weight is 111 g/mol. The van der Waals surface area contributed by atoms with Gasteiger partial charge in [-0.25, -0.2) is 0 Å². The molecule has 42 valence electrons.